The molecule has 0 bridgehead atoms. The Hall–Kier alpha value is -0.850. The van der Waals surface area contributed by atoms with Crippen molar-refractivity contribution in [3.63, 3.8) is 0 Å². The number of hydrogen-bond acceptors (Lipinski definition) is 1. The largest absolute Gasteiger partial charge is 0.295 e. The molecule has 0 radical (unpaired) electrons. The molecular formula is C9H14O. The molecule has 0 unspecified atom stereocenters. The van der Waals surface area contributed by atoms with E-state index >= 15 is 0 Å². The second-order valence-corrected chi connectivity index (χ2v) is 2.43. The zero-order chi connectivity index (χ0) is 8.15. The summed E-state index contributed by atoms with van der Waals surface area (Å²) in [7, 11) is 0. The fraction of sp³-hybridized carbons (Fsp3) is 0.444. The van der Waals surface area contributed by atoms with Crippen molar-refractivity contribution in [2.75, 3.05) is 0 Å². The molecule has 0 aromatic carbocycles. The summed E-state index contributed by atoms with van der Waals surface area (Å²) in [6.45, 7) is 9.19. The maximum Gasteiger partial charge on any atom is 0.159 e. The highest BCUT2D eigenvalue weighted by Gasteiger charge is 1.94. The molecule has 0 fully saturated rings. The smallest absolute Gasteiger partial charge is 0.159 e. The van der Waals surface area contributed by atoms with Crippen LogP contribution in [0.4, 0.5) is 0 Å². The molecule has 0 spiro atoms. The van der Waals surface area contributed by atoms with Crippen LogP contribution >= 0.6 is 0 Å². The monoisotopic (exact) mass is 138 g/mol. The topological polar surface area (TPSA) is 17.1 Å². The van der Waals surface area contributed by atoms with Gasteiger partial charge in [-0.3, -0.25) is 4.79 Å². The molecule has 1 heteroatoms. The normalized spacial score (nSPS) is 11.3. The van der Waals surface area contributed by atoms with Gasteiger partial charge in [-0.1, -0.05) is 25.2 Å². The van der Waals surface area contributed by atoms with Crippen LogP contribution in [0.2, 0.25) is 0 Å². The van der Waals surface area contributed by atoms with E-state index in [2.05, 4.69) is 13.5 Å². The van der Waals surface area contributed by atoms with Gasteiger partial charge in [-0.2, -0.15) is 0 Å². The summed E-state index contributed by atoms with van der Waals surface area (Å²) >= 11 is 0. The molecule has 0 heterocycles. The first-order valence-electron chi connectivity index (χ1n) is 3.45. The Morgan fingerprint density at radius 1 is 1.50 bits per heavy atom. The van der Waals surface area contributed by atoms with Crippen molar-refractivity contribution in [3.05, 3.63) is 23.8 Å². The van der Waals surface area contributed by atoms with Gasteiger partial charge in [-0.05, 0) is 20.3 Å². The van der Waals surface area contributed by atoms with Crippen LogP contribution in [0.3, 0.4) is 0 Å². The number of carbonyl (C=O) groups is 1. The Labute approximate surface area is 62.4 Å². The number of ketones is 1. The molecule has 0 atom stereocenters. The lowest BCUT2D eigenvalue weighted by Crippen LogP contribution is -1.91. The predicted molar refractivity (Wildman–Crippen MR) is 43.9 cm³/mol. The van der Waals surface area contributed by atoms with Gasteiger partial charge in [0.25, 0.3) is 0 Å². The van der Waals surface area contributed by atoms with E-state index in [0.29, 0.717) is 5.57 Å². The van der Waals surface area contributed by atoms with Crippen molar-refractivity contribution in [2.45, 2.75) is 27.2 Å². The number of allylic oxidation sites excluding steroid dienone is 3. The molecular weight excluding hydrogens is 124 g/mol. The van der Waals surface area contributed by atoms with E-state index in [4.69, 9.17) is 0 Å². The van der Waals surface area contributed by atoms with Gasteiger partial charge in [0.1, 0.15) is 0 Å². The summed E-state index contributed by atoms with van der Waals surface area (Å²) in [5.41, 5.74) is 1.79. The molecule has 0 aliphatic carbocycles. The molecule has 0 saturated carbocycles. The fourth-order valence-electron chi connectivity index (χ4n) is 0.501. The molecule has 0 aromatic rings. The summed E-state index contributed by atoms with van der Waals surface area (Å²) < 4.78 is 0. The molecule has 1 nitrogen and oxygen atoms in total. The number of hydrogen-bond donors (Lipinski definition) is 0. The Kier molecular flexibility index (Phi) is 3.70. The first kappa shape index (κ1) is 9.15. The lowest BCUT2D eigenvalue weighted by atomic mass is 10.1. The SMILES string of the molecule is C=C(/C=C(/C)CC)C(C)=O. The number of Topliss-reactive ketones (excluding diaryl/α,β-unsaturated/α-hetero) is 1. The summed E-state index contributed by atoms with van der Waals surface area (Å²) in [4.78, 5) is 10.7. The minimum Gasteiger partial charge on any atom is -0.295 e. The quantitative estimate of drug-likeness (QED) is 0.432. The van der Waals surface area contributed by atoms with Crippen LogP contribution in [0.5, 0.6) is 0 Å². The summed E-state index contributed by atoms with van der Waals surface area (Å²) in [5, 5.41) is 0. The number of rotatable bonds is 3. The fourth-order valence-corrected chi connectivity index (χ4v) is 0.501. The van der Waals surface area contributed by atoms with E-state index in [1.165, 1.54) is 12.5 Å². The molecule has 0 aliphatic heterocycles. The van der Waals surface area contributed by atoms with Crippen LogP contribution in [0.15, 0.2) is 23.8 Å². The molecule has 0 amide bonds. The van der Waals surface area contributed by atoms with Crippen molar-refractivity contribution in [2.24, 2.45) is 0 Å². The first-order chi connectivity index (χ1) is 4.57. The highest BCUT2D eigenvalue weighted by molar-refractivity contribution is 5.95. The van der Waals surface area contributed by atoms with E-state index in [0.717, 1.165) is 6.42 Å². The second kappa shape index (κ2) is 4.04. The van der Waals surface area contributed by atoms with Crippen LogP contribution in [0.1, 0.15) is 27.2 Å². The van der Waals surface area contributed by atoms with Gasteiger partial charge in [0, 0.05) is 5.57 Å². The van der Waals surface area contributed by atoms with Gasteiger partial charge >= 0.3 is 0 Å². The molecule has 56 valence electrons. The predicted octanol–water partition coefficient (Wildman–Crippen LogP) is 2.49. The van der Waals surface area contributed by atoms with Gasteiger partial charge in [0.2, 0.25) is 0 Å². The highest BCUT2D eigenvalue weighted by Crippen LogP contribution is 2.03. The molecule has 10 heavy (non-hydrogen) atoms. The number of carbonyl (C=O) groups excluding carboxylic acids is 1. The van der Waals surface area contributed by atoms with Crippen LogP contribution in [-0.4, -0.2) is 5.78 Å². The third-order valence-electron chi connectivity index (χ3n) is 1.43. The van der Waals surface area contributed by atoms with Gasteiger partial charge in [-0.25, -0.2) is 0 Å². The van der Waals surface area contributed by atoms with E-state index in [1.54, 1.807) is 0 Å². The lowest BCUT2D eigenvalue weighted by Gasteiger charge is -1.95. The molecule has 0 rings (SSSR count). The van der Waals surface area contributed by atoms with E-state index in [-0.39, 0.29) is 5.78 Å². The summed E-state index contributed by atoms with van der Waals surface area (Å²) in [6, 6.07) is 0. The van der Waals surface area contributed by atoms with Gasteiger partial charge in [0.15, 0.2) is 5.78 Å². The van der Waals surface area contributed by atoms with Crippen molar-refractivity contribution in [3.8, 4) is 0 Å². The van der Waals surface area contributed by atoms with E-state index in [9.17, 15) is 4.79 Å². The minimum absolute atomic E-state index is 0.0489. The summed E-state index contributed by atoms with van der Waals surface area (Å²) in [5.74, 6) is 0.0489. The zero-order valence-electron chi connectivity index (χ0n) is 6.90. The van der Waals surface area contributed by atoms with Crippen LogP contribution in [0, 0.1) is 0 Å². The van der Waals surface area contributed by atoms with Crippen LogP contribution < -0.4 is 0 Å². The first-order valence-corrected chi connectivity index (χ1v) is 3.45. The van der Waals surface area contributed by atoms with Crippen LogP contribution in [0.25, 0.3) is 0 Å². The second-order valence-electron chi connectivity index (χ2n) is 2.43. The Morgan fingerprint density at radius 3 is 2.30 bits per heavy atom. The van der Waals surface area contributed by atoms with Crippen molar-refractivity contribution >= 4 is 5.78 Å². The summed E-state index contributed by atoms with van der Waals surface area (Å²) in [6.07, 6.45) is 2.81. The third-order valence-corrected chi connectivity index (χ3v) is 1.43. The molecule has 0 aliphatic rings. The lowest BCUT2D eigenvalue weighted by molar-refractivity contribution is -0.113. The maximum absolute atomic E-state index is 10.7. The van der Waals surface area contributed by atoms with Crippen molar-refractivity contribution < 1.29 is 4.79 Å². The molecule has 0 aromatic heterocycles. The Morgan fingerprint density at radius 2 is 2.00 bits per heavy atom. The highest BCUT2D eigenvalue weighted by atomic mass is 16.1. The Bertz CT molecular complexity index is 175. The van der Waals surface area contributed by atoms with Crippen molar-refractivity contribution in [1.82, 2.24) is 0 Å². The van der Waals surface area contributed by atoms with Gasteiger partial charge in [-0.15, -0.1) is 0 Å². The van der Waals surface area contributed by atoms with E-state index in [1.807, 2.05) is 13.0 Å². The zero-order valence-corrected chi connectivity index (χ0v) is 6.90. The third kappa shape index (κ3) is 3.23. The molecule has 0 saturated heterocycles. The maximum atomic E-state index is 10.7. The minimum atomic E-state index is 0.0489. The van der Waals surface area contributed by atoms with Crippen LogP contribution in [-0.2, 0) is 4.79 Å². The standard InChI is InChI=1S/C9H14O/c1-5-7(2)6-8(3)9(4)10/h6H,3,5H2,1-2,4H3/b7-6-. The Balaban J connectivity index is 4.13. The van der Waals surface area contributed by atoms with Crippen molar-refractivity contribution in [1.29, 1.82) is 0 Å². The van der Waals surface area contributed by atoms with Gasteiger partial charge in [0.05, 0.1) is 0 Å². The average molecular weight is 138 g/mol. The van der Waals surface area contributed by atoms with Gasteiger partial charge < -0.3 is 0 Å². The van der Waals surface area contributed by atoms with E-state index < -0.39 is 0 Å². The molecule has 0 N–H and O–H groups in total. The average Bonchev–Trinajstić information content (AvgIpc) is 1.87.